The smallest absolute Gasteiger partial charge is 0.124 e. The van der Waals surface area contributed by atoms with Crippen molar-refractivity contribution in [1.82, 2.24) is 0 Å². The normalized spacial score (nSPS) is 20.3. The first-order valence-corrected chi connectivity index (χ1v) is 4.96. The summed E-state index contributed by atoms with van der Waals surface area (Å²) in [5.74, 6) is 1.88. The minimum absolute atomic E-state index is 0.326. The van der Waals surface area contributed by atoms with Crippen LogP contribution in [0.5, 0.6) is 5.75 Å². The lowest BCUT2D eigenvalue weighted by Crippen LogP contribution is -2.20. The molecule has 1 heterocycles. The second kappa shape index (κ2) is 3.81. The highest BCUT2D eigenvalue weighted by atomic mass is 16.5. The van der Waals surface area contributed by atoms with Crippen molar-refractivity contribution in [3.8, 4) is 5.75 Å². The zero-order valence-corrected chi connectivity index (χ0v) is 8.97. The molecule has 1 aromatic rings. The van der Waals surface area contributed by atoms with Gasteiger partial charge in [0.25, 0.3) is 0 Å². The van der Waals surface area contributed by atoms with Gasteiger partial charge in [-0.1, -0.05) is 6.92 Å². The van der Waals surface area contributed by atoms with E-state index in [0.717, 1.165) is 18.0 Å². The molecule has 2 rings (SSSR count). The predicted octanol–water partition coefficient (Wildman–Crippen LogP) is 1.42. The first-order chi connectivity index (χ1) is 7.20. The number of hydrogen-bond acceptors (Lipinski definition) is 4. The van der Waals surface area contributed by atoms with Crippen LogP contribution in [0.4, 0.5) is 5.69 Å². The summed E-state index contributed by atoms with van der Waals surface area (Å²) >= 11 is 0. The molecule has 4 nitrogen and oxygen atoms in total. The average Bonchev–Trinajstić information content (AvgIpc) is 2.59. The number of hydrazone groups is 1. The summed E-state index contributed by atoms with van der Waals surface area (Å²) in [6.45, 7) is 2.92. The maximum Gasteiger partial charge on any atom is 0.124 e. The molecule has 0 saturated heterocycles. The minimum atomic E-state index is 0.326. The Morgan fingerprint density at radius 2 is 2.07 bits per heavy atom. The van der Waals surface area contributed by atoms with Gasteiger partial charge in [0.2, 0.25) is 0 Å². The van der Waals surface area contributed by atoms with Crippen molar-refractivity contribution in [2.45, 2.75) is 6.92 Å². The van der Waals surface area contributed by atoms with Crippen molar-refractivity contribution < 1.29 is 4.74 Å². The summed E-state index contributed by atoms with van der Waals surface area (Å²) in [6.07, 6.45) is 0. The Hall–Kier alpha value is -1.71. The summed E-state index contributed by atoms with van der Waals surface area (Å²) in [5, 5.41) is 6.20. The number of nitrogens with zero attached hydrogens (tertiary/aromatic N) is 2. The van der Waals surface area contributed by atoms with E-state index in [1.54, 1.807) is 7.11 Å². The highest BCUT2D eigenvalue weighted by Crippen LogP contribution is 2.23. The Morgan fingerprint density at radius 3 is 2.53 bits per heavy atom. The minimum Gasteiger partial charge on any atom is -0.497 e. The monoisotopic (exact) mass is 205 g/mol. The first-order valence-electron chi connectivity index (χ1n) is 4.96. The second-order valence-corrected chi connectivity index (χ2v) is 3.71. The third kappa shape index (κ3) is 1.88. The third-order valence-electron chi connectivity index (χ3n) is 2.56. The van der Waals surface area contributed by atoms with Gasteiger partial charge in [-0.3, -0.25) is 5.01 Å². The molecule has 1 unspecified atom stereocenters. The van der Waals surface area contributed by atoms with Crippen LogP contribution in [0, 0.1) is 5.92 Å². The molecule has 2 N–H and O–H groups in total. The van der Waals surface area contributed by atoms with Gasteiger partial charge in [-0.15, -0.1) is 0 Å². The van der Waals surface area contributed by atoms with Crippen LogP contribution in [-0.2, 0) is 0 Å². The van der Waals surface area contributed by atoms with Crippen LogP contribution < -0.4 is 15.5 Å². The molecular formula is C11H15N3O. The maximum atomic E-state index is 5.75. The fraction of sp³-hybridized carbons (Fsp3) is 0.364. The van der Waals surface area contributed by atoms with E-state index in [2.05, 4.69) is 12.0 Å². The van der Waals surface area contributed by atoms with Crippen LogP contribution in [-0.4, -0.2) is 19.5 Å². The Kier molecular flexibility index (Phi) is 2.49. The van der Waals surface area contributed by atoms with Crippen LogP contribution in [0.3, 0.4) is 0 Å². The lowest BCUT2D eigenvalue weighted by molar-refractivity contribution is 0.415. The molecular weight excluding hydrogens is 190 g/mol. The lowest BCUT2D eigenvalue weighted by Gasteiger charge is -2.14. The van der Waals surface area contributed by atoms with E-state index < -0.39 is 0 Å². The number of amidine groups is 1. The summed E-state index contributed by atoms with van der Waals surface area (Å²) in [7, 11) is 1.66. The summed E-state index contributed by atoms with van der Waals surface area (Å²) in [6, 6.07) is 7.80. The molecule has 0 radical (unpaired) electrons. The van der Waals surface area contributed by atoms with E-state index >= 15 is 0 Å². The van der Waals surface area contributed by atoms with Crippen LogP contribution in [0.2, 0.25) is 0 Å². The molecule has 1 atom stereocenters. The van der Waals surface area contributed by atoms with E-state index in [1.165, 1.54) is 0 Å². The molecule has 0 aromatic heterocycles. The van der Waals surface area contributed by atoms with Crippen LogP contribution in [0.1, 0.15) is 6.92 Å². The lowest BCUT2D eigenvalue weighted by atomic mass is 10.2. The molecule has 0 spiro atoms. The molecule has 1 aromatic carbocycles. The van der Waals surface area contributed by atoms with Gasteiger partial charge in [-0.25, -0.2) is 0 Å². The molecule has 80 valence electrons. The van der Waals surface area contributed by atoms with Crippen LogP contribution in [0.15, 0.2) is 29.4 Å². The molecule has 1 aliphatic heterocycles. The fourth-order valence-corrected chi connectivity index (χ4v) is 1.55. The van der Waals surface area contributed by atoms with Crippen molar-refractivity contribution in [3.63, 3.8) is 0 Å². The number of nitrogens with two attached hydrogens (primary N) is 1. The van der Waals surface area contributed by atoms with Gasteiger partial charge in [0, 0.05) is 5.92 Å². The fourth-order valence-electron chi connectivity index (χ4n) is 1.55. The SMILES string of the molecule is COc1ccc(N2CC(C)C(N)=N2)cc1. The Morgan fingerprint density at radius 1 is 1.40 bits per heavy atom. The van der Waals surface area contributed by atoms with Crippen LogP contribution >= 0.6 is 0 Å². The molecule has 0 fully saturated rings. The molecule has 0 amide bonds. The Bertz CT molecular complexity index is 372. The number of anilines is 1. The number of methoxy groups -OCH3 is 1. The topological polar surface area (TPSA) is 50.9 Å². The number of hydrogen-bond donors (Lipinski definition) is 1. The van der Waals surface area contributed by atoms with Crippen molar-refractivity contribution in [2.75, 3.05) is 18.7 Å². The summed E-state index contributed by atoms with van der Waals surface area (Å²) in [5.41, 5.74) is 6.79. The average molecular weight is 205 g/mol. The van der Waals surface area contributed by atoms with Gasteiger partial charge in [0.1, 0.15) is 11.6 Å². The number of rotatable bonds is 2. The largest absolute Gasteiger partial charge is 0.497 e. The summed E-state index contributed by atoms with van der Waals surface area (Å²) < 4.78 is 5.10. The maximum absolute atomic E-state index is 5.75. The Labute approximate surface area is 89.3 Å². The number of benzene rings is 1. The first kappa shape index (κ1) is 9.83. The standard InChI is InChI=1S/C11H15N3O/c1-8-7-14(13-11(8)12)9-3-5-10(15-2)6-4-9/h3-6,8H,7H2,1-2H3,(H2,12,13). The molecule has 4 heteroatoms. The second-order valence-electron chi connectivity index (χ2n) is 3.71. The highest BCUT2D eigenvalue weighted by molar-refractivity contribution is 5.86. The van der Waals surface area contributed by atoms with Crippen molar-refractivity contribution in [1.29, 1.82) is 0 Å². The van der Waals surface area contributed by atoms with Gasteiger partial charge >= 0.3 is 0 Å². The molecule has 0 bridgehead atoms. The van der Waals surface area contributed by atoms with Crippen LogP contribution in [0.25, 0.3) is 0 Å². The predicted molar refractivity (Wildman–Crippen MR) is 61.1 cm³/mol. The van der Waals surface area contributed by atoms with Gasteiger partial charge in [0.15, 0.2) is 0 Å². The van der Waals surface area contributed by atoms with E-state index in [-0.39, 0.29) is 0 Å². The van der Waals surface area contributed by atoms with Gasteiger partial charge in [0.05, 0.1) is 19.3 Å². The summed E-state index contributed by atoms with van der Waals surface area (Å²) in [4.78, 5) is 0. The van der Waals surface area contributed by atoms with E-state index in [9.17, 15) is 0 Å². The van der Waals surface area contributed by atoms with Gasteiger partial charge < -0.3 is 10.5 Å². The van der Waals surface area contributed by atoms with Gasteiger partial charge in [-0.2, -0.15) is 5.10 Å². The number of ether oxygens (including phenoxy) is 1. The van der Waals surface area contributed by atoms with Gasteiger partial charge in [-0.05, 0) is 24.3 Å². The van der Waals surface area contributed by atoms with E-state index in [1.807, 2.05) is 29.3 Å². The van der Waals surface area contributed by atoms with Crippen molar-refractivity contribution >= 4 is 11.5 Å². The van der Waals surface area contributed by atoms with Crippen molar-refractivity contribution in [2.24, 2.45) is 16.8 Å². The molecule has 0 aliphatic carbocycles. The molecule has 0 saturated carbocycles. The molecule has 1 aliphatic rings. The quantitative estimate of drug-likeness (QED) is 0.794. The van der Waals surface area contributed by atoms with E-state index in [0.29, 0.717) is 11.8 Å². The molecule has 15 heavy (non-hydrogen) atoms. The third-order valence-corrected chi connectivity index (χ3v) is 2.56. The highest BCUT2D eigenvalue weighted by Gasteiger charge is 2.20. The van der Waals surface area contributed by atoms with Crippen molar-refractivity contribution in [3.05, 3.63) is 24.3 Å². The van der Waals surface area contributed by atoms with E-state index in [4.69, 9.17) is 10.5 Å². The Balaban J connectivity index is 2.17. The zero-order valence-electron chi connectivity index (χ0n) is 8.97. The zero-order chi connectivity index (χ0) is 10.8.